The minimum absolute atomic E-state index is 0. The Morgan fingerprint density at radius 2 is 1.71 bits per heavy atom. The van der Waals surface area contributed by atoms with Crippen molar-refractivity contribution in [3.63, 3.8) is 0 Å². The van der Waals surface area contributed by atoms with Gasteiger partial charge in [-0.3, -0.25) is 0 Å². The quantitative estimate of drug-likeness (QED) is 0.858. The van der Waals surface area contributed by atoms with E-state index in [-0.39, 0.29) is 7.43 Å². The molecule has 1 saturated carbocycles. The van der Waals surface area contributed by atoms with Crippen molar-refractivity contribution in [3.05, 3.63) is 35.4 Å². The molecular weight excluding hydrogens is 256 g/mol. The summed E-state index contributed by atoms with van der Waals surface area (Å²) in [5.41, 5.74) is 13.7. The van der Waals surface area contributed by atoms with E-state index in [1.165, 1.54) is 43.2 Å². The first kappa shape index (κ1) is 20.1. The van der Waals surface area contributed by atoms with Crippen LogP contribution in [-0.2, 0) is 13.0 Å². The van der Waals surface area contributed by atoms with E-state index in [0.29, 0.717) is 6.54 Å². The zero-order chi connectivity index (χ0) is 14.8. The molecule has 2 atom stereocenters. The van der Waals surface area contributed by atoms with Gasteiger partial charge in [-0.25, -0.2) is 0 Å². The Morgan fingerprint density at radius 1 is 1.05 bits per heavy atom. The second kappa shape index (κ2) is 11.8. The van der Waals surface area contributed by atoms with Crippen LogP contribution in [0.3, 0.4) is 0 Å². The first-order chi connectivity index (χ1) is 9.73. The van der Waals surface area contributed by atoms with Crippen LogP contribution in [-0.4, -0.2) is 6.54 Å². The van der Waals surface area contributed by atoms with Gasteiger partial charge in [-0.15, -0.1) is 0 Å². The number of hydrogen-bond acceptors (Lipinski definition) is 2. The Bertz CT molecular complexity index is 333. The average molecular weight is 293 g/mol. The topological polar surface area (TPSA) is 52.0 Å². The van der Waals surface area contributed by atoms with Gasteiger partial charge in [-0.1, -0.05) is 64.8 Å². The fraction of sp³-hybridized carbons (Fsp3) is 0.684. The van der Waals surface area contributed by atoms with Gasteiger partial charge in [0.1, 0.15) is 0 Å². The van der Waals surface area contributed by atoms with Gasteiger partial charge in [0.25, 0.3) is 0 Å². The van der Waals surface area contributed by atoms with Crippen molar-refractivity contribution in [2.75, 3.05) is 6.54 Å². The molecule has 2 rings (SSSR count). The van der Waals surface area contributed by atoms with Gasteiger partial charge < -0.3 is 11.5 Å². The van der Waals surface area contributed by atoms with Gasteiger partial charge >= 0.3 is 0 Å². The highest BCUT2D eigenvalue weighted by atomic mass is 14.6. The Balaban J connectivity index is 0.000000364. The predicted octanol–water partition coefficient (Wildman–Crippen LogP) is 4.51. The fourth-order valence-electron chi connectivity index (χ4n) is 2.96. The van der Waals surface area contributed by atoms with Crippen LogP contribution < -0.4 is 11.5 Å². The minimum atomic E-state index is 0. The van der Waals surface area contributed by atoms with Gasteiger partial charge in [-0.05, 0) is 48.8 Å². The summed E-state index contributed by atoms with van der Waals surface area (Å²) in [6, 6.07) is 8.39. The molecule has 21 heavy (non-hydrogen) atoms. The molecule has 1 aliphatic rings. The van der Waals surface area contributed by atoms with Crippen molar-refractivity contribution in [1.82, 2.24) is 0 Å². The molecule has 2 unspecified atom stereocenters. The molecule has 0 aromatic heterocycles. The summed E-state index contributed by atoms with van der Waals surface area (Å²) in [7, 11) is 0. The van der Waals surface area contributed by atoms with Crippen LogP contribution in [0.4, 0.5) is 0 Å². The third-order valence-electron chi connectivity index (χ3n) is 4.44. The van der Waals surface area contributed by atoms with Crippen molar-refractivity contribution in [1.29, 1.82) is 0 Å². The number of nitrogens with two attached hydrogens (primary N) is 2. The van der Waals surface area contributed by atoms with E-state index in [0.717, 1.165) is 24.8 Å². The Morgan fingerprint density at radius 3 is 2.29 bits per heavy atom. The number of benzene rings is 1. The second-order valence-electron chi connectivity index (χ2n) is 5.92. The molecule has 0 amide bonds. The van der Waals surface area contributed by atoms with E-state index >= 15 is 0 Å². The summed E-state index contributed by atoms with van der Waals surface area (Å²) < 4.78 is 0. The number of aryl methyl sites for hydroxylation is 1. The molecule has 0 spiro atoms. The van der Waals surface area contributed by atoms with E-state index in [9.17, 15) is 0 Å². The standard InChI is InChI=1S/C9H19N.C9H13N.CH4/c2*1-2-8-4-3-5-9(6-8)7-10;/h8-9H,2-7,10H2,1H3;3-6H,2,7,10H2,1H3;1H4. The molecule has 1 fully saturated rings. The van der Waals surface area contributed by atoms with Gasteiger partial charge in [0.05, 0.1) is 0 Å². The van der Waals surface area contributed by atoms with Gasteiger partial charge in [-0.2, -0.15) is 0 Å². The highest BCUT2D eigenvalue weighted by Gasteiger charge is 2.18. The fourth-order valence-corrected chi connectivity index (χ4v) is 2.96. The summed E-state index contributed by atoms with van der Waals surface area (Å²) >= 11 is 0. The lowest BCUT2D eigenvalue weighted by atomic mass is 9.80. The minimum Gasteiger partial charge on any atom is -0.330 e. The average Bonchev–Trinajstić information content (AvgIpc) is 2.55. The third kappa shape index (κ3) is 7.63. The van der Waals surface area contributed by atoms with E-state index in [1.807, 2.05) is 0 Å². The molecule has 4 N–H and O–H groups in total. The molecule has 0 radical (unpaired) electrons. The van der Waals surface area contributed by atoms with E-state index < -0.39 is 0 Å². The van der Waals surface area contributed by atoms with Crippen LogP contribution in [0.15, 0.2) is 24.3 Å². The van der Waals surface area contributed by atoms with E-state index in [2.05, 4.69) is 38.1 Å². The predicted molar refractivity (Wildman–Crippen MR) is 95.2 cm³/mol. The summed E-state index contributed by atoms with van der Waals surface area (Å²) in [4.78, 5) is 0. The molecule has 1 aromatic carbocycles. The normalized spacial score (nSPS) is 21.0. The first-order valence-corrected chi connectivity index (χ1v) is 8.21. The SMILES string of the molecule is C.CCC1CCCC(CN)C1.CCc1cccc(CN)c1. The van der Waals surface area contributed by atoms with Crippen molar-refractivity contribution >= 4 is 0 Å². The molecule has 1 aliphatic carbocycles. The van der Waals surface area contributed by atoms with Crippen LogP contribution in [0, 0.1) is 11.8 Å². The van der Waals surface area contributed by atoms with Gasteiger partial charge in [0, 0.05) is 6.54 Å². The summed E-state index contributed by atoms with van der Waals surface area (Å²) in [5.74, 6) is 1.83. The number of hydrogen-bond donors (Lipinski definition) is 2. The van der Waals surface area contributed by atoms with Gasteiger partial charge in [0.2, 0.25) is 0 Å². The van der Waals surface area contributed by atoms with Crippen molar-refractivity contribution in [2.24, 2.45) is 23.3 Å². The van der Waals surface area contributed by atoms with Crippen LogP contribution in [0.2, 0.25) is 0 Å². The highest BCUT2D eigenvalue weighted by Crippen LogP contribution is 2.29. The lowest BCUT2D eigenvalue weighted by molar-refractivity contribution is 0.266. The molecule has 2 heteroatoms. The summed E-state index contributed by atoms with van der Waals surface area (Å²) in [6.45, 7) is 6.00. The molecule has 0 aliphatic heterocycles. The Kier molecular flexibility index (Phi) is 11.3. The van der Waals surface area contributed by atoms with E-state index in [4.69, 9.17) is 11.5 Å². The monoisotopic (exact) mass is 292 g/mol. The smallest absolute Gasteiger partial charge is 0.0178 e. The Labute approximate surface area is 132 Å². The molecular formula is C19H36N2. The Hall–Kier alpha value is -0.860. The van der Waals surface area contributed by atoms with Crippen LogP contribution in [0.1, 0.15) is 64.5 Å². The maximum Gasteiger partial charge on any atom is 0.0178 e. The van der Waals surface area contributed by atoms with Crippen molar-refractivity contribution in [3.8, 4) is 0 Å². The van der Waals surface area contributed by atoms with Gasteiger partial charge in [0.15, 0.2) is 0 Å². The van der Waals surface area contributed by atoms with Crippen molar-refractivity contribution in [2.45, 2.75) is 66.3 Å². The summed E-state index contributed by atoms with van der Waals surface area (Å²) in [5, 5.41) is 0. The zero-order valence-corrected chi connectivity index (χ0v) is 13.3. The van der Waals surface area contributed by atoms with Crippen LogP contribution >= 0.6 is 0 Å². The zero-order valence-electron chi connectivity index (χ0n) is 13.3. The molecule has 0 heterocycles. The molecule has 0 bridgehead atoms. The second-order valence-corrected chi connectivity index (χ2v) is 5.92. The third-order valence-corrected chi connectivity index (χ3v) is 4.44. The van der Waals surface area contributed by atoms with Crippen LogP contribution in [0.5, 0.6) is 0 Å². The summed E-state index contributed by atoms with van der Waals surface area (Å²) in [6.07, 6.45) is 8.09. The van der Waals surface area contributed by atoms with E-state index in [1.54, 1.807) is 0 Å². The largest absolute Gasteiger partial charge is 0.330 e. The maximum atomic E-state index is 5.62. The maximum absolute atomic E-state index is 5.62. The van der Waals surface area contributed by atoms with Crippen molar-refractivity contribution < 1.29 is 0 Å². The molecule has 2 nitrogen and oxygen atoms in total. The molecule has 0 saturated heterocycles. The molecule has 122 valence electrons. The lowest BCUT2D eigenvalue weighted by Gasteiger charge is -2.27. The number of rotatable bonds is 4. The molecule has 1 aromatic rings. The van der Waals surface area contributed by atoms with Crippen LogP contribution in [0.25, 0.3) is 0 Å². The lowest BCUT2D eigenvalue weighted by Crippen LogP contribution is -2.22. The highest BCUT2D eigenvalue weighted by molar-refractivity contribution is 5.22. The first-order valence-electron chi connectivity index (χ1n) is 8.21.